The van der Waals surface area contributed by atoms with E-state index in [2.05, 4.69) is 25.7 Å². The summed E-state index contributed by atoms with van der Waals surface area (Å²) in [5.74, 6) is 0.0906. The zero-order valence-corrected chi connectivity index (χ0v) is 12.8. The molecule has 1 aromatic carbocycles. The van der Waals surface area contributed by atoms with Gasteiger partial charge in [-0.1, -0.05) is 31.4 Å². The van der Waals surface area contributed by atoms with E-state index >= 15 is 0 Å². The van der Waals surface area contributed by atoms with Crippen LogP contribution in [-0.4, -0.2) is 18.4 Å². The van der Waals surface area contributed by atoms with Crippen molar-refractivity contribution in [3.63, 3.8) is 0 Å². The average molecular weight is 282 g/mol. The Kier molecular flexibility index (Phi) is 6.16. The number of nitrogen functional groups attached to an aromatic ring is 1. The summed E-state index contributed by atoms with van der Waals surface area (Å²) < 4.78 is 0. The molecular formula is C15H24ClN3. The van der Waals surface area contributed by atoms with E-state index in [0.717, 1.165) is 24.2 Å². The highest BCUT2D eigenvalue weighted by molar-refractivity contribution is 6.31. The van der Waals surface area contributed by atoms with E-state index in [0.29, 0.717) is 11.1 Å². The highest BCUT2D eigenvalue weighted by atomic mass is 35.5. The summed E-state index contributed by atoms with van der Waals surface area (Å²) in [6.07, 6.45) is 3.54. The molecule has 19 heavy (non-hydrogen) atoms. The second-order valence-corrected chi connectivity index (χ2v) is 5.51. The zero-order chi connectivity index (χ0) is 14.4. The third kappa shape index (κ3) is 4.43. The van der Waals surface area contributed by atoms with Crippen LogP contribution in [0.25, 0.3) is 0 Å². The minimum Gasteiger partial charge on any atom is -0.384 e. The number of unbranched alkanes of at least 4 members (excludes halogenated alkanes) is 2. The first kappa shape index (κ1) is 15.8. The third-order valence-corrected chi connectivity index (χ3v) is 3.42. The topological polar surface area (TPSA) is 53.1 Å². The third-order valence-electron chi connectivity index (χ3n) is 3.19. The largest absolute Gasteiger partial charge is 0.384 e. The Bertz CT molecular complexity index is 429. The van der Waals surface area contributed by atoms with E-state index < -0.39 is 0 Å². The lowest BCUT2D eigenvalue weighted by atomic mass is 10.1. The number of hydrogen-bond donors (Lipinski definition) is 2. The van der Waals surface area contributed by atoms with Crippen molar-refractivity contribution in [2.45, 2.75) is 46.1 Å². The summed E-state index contributed by atoms with van der Waals surface area (Å²) >= 11 is 6.09. The summed E-state index contributed by atoms with van der Waals surface area (Å²) in [7, 11) is 0. The summed E-state index contributed by atoms with van der Waals surface area (Å²) in [4.78, 5) is 2.28. The highest BCUT2D eigenvalue weighted by Crippen LogP contribution is 2.26. The van der Waals surface area contributed by atoms with Crippen molar-refractivity contribution in [3.05, 3.63) is 28.8 Å². The lowest BCUT2D eigenvalue weighted by Gasteiger charge is -2.31. The van der Waals surface area contributed by atoms with E-state index in [1.807, 2.05) is 12.1 Å². The van der Waals surface area contributed by atoms with Crippen LogP contribution in [0.1, 0.15) is 45.6 Å². The van der Waals surface area contributed by atoms with Crippen molar-refractivity contribution in [3.8, 4) is 0 Å². The number of amidine groups is 1. The van der Waals surface area contributed by atoms with Crippen LogP contribution < -0.4 is 10.6 Å². The predicted molar refractivity (Wildman–Crippen MR) is 84.5 cm³/mol. The average Bonchev–Trinajstić information content (AvgIpc) is 2.33. The maximum Gasteiger partial charge on any atom is 0.124 e. The Labute approximate surface area is 121 Å². The fraction of sp³-hybridized carbons (Fsp3) is 0.533. The van der Waals surface area contributed by atoms with Crippen molar-refractivity contribution in [1.82, 2.24) is 0 Å². The Morgan fingerprint density at radius 1 is 1.37 bits per heavy atom. The smallest absolute Gasteiger partial charge is 0.124 e. The second kappa shape index (κ2) is 7.39. The van der Waals surface area contributed by atoms with Gasteiger partial charge in [-0.25, -0.2) is 0 Å². The van der Waals surface area contributed by atoms with Crippen molar-refractivity contribution < 1.29 is 0 Å². The van der Waals surface area contributed by atoms with Gasteiger partial charge in [0, 0.05) is 28.9 Å². The molecule has 3 N–H and O–H groups in total. The van der Waals surface area contributed by atoms with Crippen LogP contribution in [-0.2, 0) is 0 Å². The van der Waals surface area contributed by atoms with Crippen LogP contribution in [0, 0.1) is 5.41 Å². The Morgan fingerprint density at radius 2 is 2.05 bits per heavy atom. The number of halogens is 1. The fourth-order valence-electron chi connectivity index (χ4n) is 2.16. The molecule has 0 heterocycles. The molecule has 0 bridgehead atoms. The molecule has 0 aliphatic rings. The first-order valence-electron chi connectivity index (χ1n) is 6.88. The molecule has 3 nitrogen and oxygen atoms in total. The SMILES string of the molecule is CCCCCN(c1cc(Cl)ccc1C(=N)N)C(C)C. The zero-order valence-electron chi connectivity index (χ0n) is 12.0. The van der Waals surface area contributed by atoms with Gasteiger partial charge in [0.15, 0.2) is 0 Å². The molecule has 1 aromatic rings. The molecule has 0 unspecified atom stereocenters. The molecular weight excluding hydrogens is 258 g/mol. The first-order chi connectivity index (χ1) is 8.97. The number of nitrogens with zero attached hydrogens (tertiary/aromatic N) is 1. The molecule has 0 saturated heterocycles. The molecule has 106 valence electrons. The van der Waals surface area contributed by atoms with Gasteiger partial charge in [-0.15, -0.1) is 0 Å². The second-order valence-electron chi connectivity index (χ2n) is 5.07. The quantitative estimate of drug-likeness (QED) is 0.450. The van der Waals surface area contributed by atoms with E-state index in [-0.39, 0.29) is 5.84 Å². The van der Waals surface area contributed by atoms with Gasteiger partial charge in [0.1, 0.15) is 5.84 Å². The van der Waals surface area contributed by atoms with E-state index in [9.17, 15) is 0 Å². The van der Waals surface area contributed by atoms with Crippen LogP contribution in [0.15, 0.2) is 18.2 Å². The molecule has 0 aliphatic heterocycles. The Hall–Kier alpha value is -1.22. The maximum atomic E-state index is 7.70. The minimum absolute atomic E-state index is 0.0906. The molecule has 0 saturated carbocycles. The highest BCUT2D eigenvalue weighted by Gasteiger charge is 2.16. The van der Waals surface area contributed by atoms with Crippen LogP contribution in [0.2, 0.25) is 5.02 Å². The van der Waals surface area contributed by atoms with E-state index in [4.69, 9.17) is 22.7 Å². The standard InChI is InChI=1S/C15H24ClN3/c1-4-5-6-9-19(11(2)3)14-10-12(16)7-8-13(14)15(17)18/h7-8,10-11H,4-6,9H2,1-3H3,(H3,17,18). The number of anilines is 1. The molecule has 0 spiro atoms. The fourth-order valence-corrected chi connectivity index (χ4v) is 2.33. The molecule has 4 heteroatoms. The Balaban J connectivity index is 3.06. The normalized spacial score (nSPS) is 10.8. The van der Waals surface area contributed by atoms with Crippen LogP contribution in [0.4, 0.5) is 5.69 Å². The van der Waals surface area contributed by atoms with Gasteiger partial charge in [0.25, 0.3) is 0 Å². The van der Waals surface area contributed by atoms with Crippen molar-refractivity contribution in [1.29, 1.82) is 5.41 Å². The number of rotatable bonds is 7. The first-order valence-corrected chi connectivity index (χ1v) is 7.25. The maximum absolute atomic E-state index is 7.70. The van der Waals surface area contributed by atoms with E-state index in [1.165, 1.54) is 12.8 Å². The number of nitrogens with one attached hydrogen (secondary N) is 1. The van der Waals surface area contributed by atoms with Crippen LogP contribution in [0.3, 0.4) is 0 Å². The van der Waals surface area contributed by atoms with Gasteiger partial charge >= 0.3 is 0 Å². The molecule has 0 radical (unpaired) electrons. The Morgan fingerprint density at radius 3 is 2.58 bits per heavy atom. The van der Waals surface area contributed by atoms with Gasteiger partial charge in [-0.2, -0.15) is 0 Å². The molecule has 0 aliphatic carbocycles. The summed E-state index contributed by atoms with van der Waals surface area (Å²) in [6.45, 7) is 7.46. The van der Waals surface area contributed by atoms with E-state index in [1.54, 1.807) is 6.07 Å². The number of nitrogens with two attached hydrogens (primary N) is 1. The van der Waals surface area contributed by atoms with Crippen molar-refractivity contribution >= 4 is 23.1 Å². The lowest BCUT2D eigenvalue weighted by molar-refractivity contribution is 0.625. The van der Waals surface area contributed by atoms with Crippen molar-refractivity contribution in [2.24, 2.45) is 5.73 Å². The van der Waals surface area contributed by atoms with Gasteiger partial charge < -0.3 is 10.6 Å². The molecule has 0 fully saturated rings. The van der Waals surface area contributed by atoms with Crippen LogP contribution >= 0.6 is 11.6 Å². The monoisotopic (exact) mass is 281 g/mol. The van der Waals surface area contributed by atoms with Gasteiger partial charge in [-0.3, -0.25) is 5.41 Å². The molecule has 1 rings (SSSR count). The number of hydrogen-bond acceptors (Lipinski definition) is 2. The predicted octanol–water partition coefficient (Wildman–Crippen LogP) is 4.03. The van der Waals surface area contributed by atoms with Crippen molar-refractivity contribution in [2.75, 3.05) is 11.4 Å². The molecule has 0 aromatic heterocycles. The van der Waals surface area contributed by atoms with Gasteiger partial charge in [0.05, 0.1) is 0 Å². The van der Waals surface area contributed by atoms with Gasteiger partial charge in [0.2, 0.25) is 0 Å². The lowest BCUT2D eigenvalue weighted by Crippen LogP contribution is -2.33. The van der Waals surface area contributed by atoms with Crippen LogP contribution in [0.5, 0.6) is 0 Å². The summed E-state index contributed by atoms with van der Waals surface area (Å²) in [5, 5.41) is 8.38. The molecule has 0 amide bonds. The minimum atomic E-state index is 0.0906. The summed E-state index contributed by atoms with van der Waals surface area (Å²) in [6, 6.07) is 5.87. The molecule has 0 atom stereocenters. The van der Waals surface area contributed by atoms with Gasteiger partial charge in [-0.05, 0) is 38.5 Å². The summed E-state index contributed by atoms with van der Waals surface area (Å²) in [5.41, 5.74) is 7.39. The number of benzene rings is 1.